The number of methoxy groups -OCH3 is 1. The summed E-state index contributed by atoms with van der Waals surface area (Å²) >= 11 is 0. The van der Waals surface area contributed by atoms with E-state index in [-0.39, 0.29) is 11.4 Å². The van der Waals surface area contributed by atoms with Crippen LogP contribution in [0.1, 0.15) is 10.4 Å². The van der Waals surface area contributed by atoms with Gasteiger partial charge in [-0.2, -0.15) is 0 Å². The highest BCUT2D eigenvalue weighted by atomic mass is 19.1. The van der Waals surface area contributed by atoms with Crippen molar-refractivity contribution in [2.75, 3.05) is 51.3 Å². The zero-order chi connectivity index (χ0) is 19.2. The standard InChI is InChI=1S/C20H23F2N3O2/c1-27-17-6-7-18(19(22)14-17)20(26)23-8-9-24-10-12-25(13-11-24)16-4-2-15(21)3-5-16/h2-7,14H,8-13H2,1H3,(H,23,26). The number of carbonyl (C=O) groups excluding carboxylic acids is 1. The third kappa shape index (κ3) is 4.95. The van der Waals surface area contributed by atoms with E-state index in [4.69, 9.17) is 4.74 Å². The first-order valence-corrected chi connectivity index (χ1v) is 8.91. The largest absolute Gasteiger partial charge is 0.497 e. The number of rotatable bonds is 6. The molecule has 1 fully saturated rings. The summed E-state index contributed by atoms with van der Waals surface area (Å²) in [5.74, 6) is -0.885. The number of halogens is 2. The maximum Gasteiger partial charge on any atom is 0.254 e. The Morgan fingerprint density at radius 3 is 2.41 bits per heavy atom. The average molecular weight is 375 g/mol. The summed E-state index contributed by atoms with van der Waals surface area (Å²) in [4.78, 5) is 16.6. The minimum Gasteiger partial charge on any atom is -0.497 e. The van der Waals surface area contributed by atoms with Crippen LogP contribution < -0.4 is 15.0 Å². The van der Waals surface area contributed by atoms with Gasteiger partial charge in [-0.1, -0.05) is 0 Å². The predicted molar refractivity (Wildman–Crippen MR) is 100 cm³/mol. The Hall–Kier alpha value is -2.67. The van der Waals surface area contributed by atoms with Gasteiger partial charge in [0.2, 0.25) is 0 Å². The highest BCUT2D eigenvalue weighted by molar-refractivity contribution is 5.94. The molecule has 0 aromatic heterocycles. The fourth-order valence-corrected chi connectivity index (χ4v) is 3.11. The molecule has 0 aliphatic carbocycles. The molecule has 1 saturated heterocycles. The molecule has 0 spiro atoms. The molecule has 1 heterocycles. The molecule has 5 nitrogen and oxygen atoms in total. The lowest BCUT2D eigenvalue weighted by molar-refractivity contribution is 0.0943. The van der Waals surface area contributed by atoms with E-state index >= 15 is 0 Å². The summed E-state index contributed by atoms with van der Waals surface area (Å²) in [6, 6.07) is 10.7. The number of benzene rings is 2. The van der Waals surface area contributed by atoms with Gasteiger partial charge in [-0.05, 0) is 36.4 Å². The van der Waals surface area contributed by atoms with Crippen LogP contribution in [0.2, 0.25) is 0 Å². The van der Waals surface area contributed by atoms with E-state index in [1.54, 1.807) is 18.2 Å². The molecule has 1 aliphatic heterocycles. The van der Waals surface area contributed by atoms with E-state index in [2.05, 4.69) is 15.1 Å². The van der Waals surface area contributed by atoms with Crippen LogP contribution in [0.15, 0.2) is 42.5 Å². The number of amides is 1. The molecule has 1 N–H and O–H groups in total. The molecular weight excluding hydrogens is 352 g/mol. The monoisotopic (exact) mass is 375 g/mol. The molecule has 0 radical (unpaired) electrons. The van der Waals surface area contributed by atoms with Crippen molar-refractivity contribution in [3.8, 4) is 5.75 Å². The first kappa shape index (κ1) is 19.1. The fourth-order valence-electron chi connectivity index (χ4n) is 3.11. The Kier molecular flexibility index (Phi) is 6.24. The fraction of sp³-hybridized carbons (Fsp3) is 0.350. The first-order valence-electron chi connectivity index (χ1n) is 8.91. The van der Waals surface area contributed by atoms with E-state index in [1.165, 1.54) is 31.4 Å². The van der Waals surface area contributed by atoms with Crippen molar-refractivity contribution >= 4 is 11.6 Å². The predicted octanol–water partition coefficient (Wildman–Crippen LogP) is 2.53. The van der Waals surface area contributed by atoms with Crippen LogP contribution in [0.3, 0.4) is 0 Å². The second kappa shape index (κ2) is 8.81. The van der Waals surface area contributed by atoms with Gasteiger partial charge in [-0.3, -0.25) is 9.69 Å². The molecule has 3 rings (SSSR count). The van der Waals surface area contributed by atoms with Gasteiger partial charge in [-0.15, -0.1) is 0 Å². The topological polar surface area (TPSA) is 44.8 Å². The average Bonchev–Trinajstić information content (AvgIpc) is 2.69. The summed E-state index contributed by atoms with van der Waals surface area (Å²) < 4.78 is 31.9. The lowest BCUT2D eigenvalue weighted by Gasteiger charge is -2.36. The van der Waals surface area contributed by atoms with E-state index in [1.807, 2.05) is 0 Å². The molecule has 1 amide bonds. The van der Waals surface area contributed by atoms with Crippen LogP contribution in [-0.4, -0.2) is 57.2 Å². The molecule has 144 valence electrons. The molecule has 2 aromatic rings. The summed E-state index contributed by atoms with van der Waals surface area (Å²) in [6.45, 7) is 4.52. The molecule has 0 saturated carbocycles. The van der Waals surface area contributed by atoms with Crippen molar-refractivity contribution in [2.24, 2.45) is 0 Å². The highest BCUT2D eigenvalue weighted by Gasteiger charge is 2.18. The number of piperazine rings is 1. The number of ether oxygens (including phenoxy) is 1. The first-order chi connectivity index (χ1) is 13.1. The van der Waals surface area contributed by atoms with Gasteiger partial charge >= 0.3 is 0 Å². The van der Waals surface area contributed by atoms with Crippen LogP contribution in [0, 0.1) is 11.6 Å². The van der Waals surface area contributed by atoms with Crippen molar-refractivity contribution < 1.29 is 18.3 Å². The third-order valence-electron chi connectivity index (χ3n) is 4.70. The van der Waals surface area contributed by atoms with Crippen molar-refractivity contribution in [1.82, 2.24) is 10.2 Å². The number of nitrogens with one attached hydrogen (secondary N) is 1. The summed E-state index contributed by atoms with van der Waals surface area (Å²) in [6.07, 6.45) is 0. The van der Waals surface area contributed by atoms with E-state index < -0.39 is 11.7 Å². The summed E-state index contributed by atoms with van der Waals surface area (Å²) in [7, 11) is 1.45. The minimum atomic E-state index is -0.597. The third-order valence-corrected chi connectivity index (χ3v) is 4.70. The minimum absolute atomic E-state index is 0.0110. The zero-order valence-corrected chi connectivity index (χ0v) is 15.3. The Labute approximate surface area is 157 Å². The lowest BCUT2D eigenvalue weighted by atomic mass is 10.2. The molecule has 27 heavy (non-hydrogen) atoms. The van der Waals surface area contributed by atoms with Crippen LogP contribution in [-0.2, 0) is 0 Å². The Bertz CT molecular complexity index is 775. The molecular formula is C20H23F2N3O2. The number of hydrogen-bond acceptors (Lipinski definition) is 4. The Morgan fingerprint density at radius 1 is 1.07 bits per heavy atom. The highest BCUT2D eigenvalue weighted by Crippen LogP contribution is 2.17. The number of carbonyl (C=O) groups is 1. The quantitative estimate of drug-likeness (QED) is 0.843. The molecule has 1 aliphatic rings. The molecule has 0 bridgehead atoms. The van der Waals surface area contributed by atoms with Gasteiger partial charge in [0, 0.05) is 51.0 Å². The van der Waals surface area contributed by atoms with Gasteiger partial charge in [0.15, 0.2) is 0 Å². The number of hydrogen-bond donors (Lipinski definition) is 1. The maximum atomic E-state index is 13.9. The lowest BCUT2D eigenvalue weighted by Crippen LogP contribution is -2.48. The Balaban J connectivity index is 1.42. The van der Waals surface area contributed by atoms with Gasteiger partial charge < -0.3 is 15.0 Å². The van der Waals surface area contributed by atoms with Gasteiger partial charge in [-0.25, -0.2) is 8.78 Å². The van der Waals surface area contributed by atoms with Crippen LogP contribution >= 0.6 is 0 Å². The maximum absolute atomic E-state index is 13.9. The number of nitrogens with zero attached hydrogens (tertiary/aromatic N) is 2. The SMILES string of the molecule is COc1ccc(C(=O)NCCN2CCN(c3ccc(F)cc3)CC2)c(F)c1. The molecule has 2 aromatic carbocycles. The molecule has 7 heteroatoms. The van der Waals surface area contributed by atoms with Crippen molar-refractivity contribution in [3.05, 3.63) is 59.7 Å². The van der Waals surface area contributed by atoms with E-state index in [0.29, 0.717) is 18.8 Å². The van der Waals surface area contributed by atoms with Crippen molar-refractivity contribution in [3.63, 3.8) is 0 Å². The van der Waals surface area contributed by atoms with Gasteiger partial charge in [0.05, 0.1) is 12.7 Å². The summed E-state index contributed by atoms with van der Waals surface area (Å²) in [5, 5.41) is 2.76. The Morgan fingerprint density at radius 2 is 1.78 bits per heavy atom. The van der Waals surface area contributed by atoms with Crippen LogP contribution in [0.25, 0.3) is 0 Å². The molecule has 0 atom stereocenters. The molecule has 0 unspecified atom stereocenters. The normalized spacial score (nSPS) is 14.9. The second-order valence-electron chi connectivity index (χ2n) is 6.41. The van der Waals surface area contributed by atoms with E-state index in [0.717, 1.165) is 31.9 Å². The van der Waals surface area contributed by atoms with Gasteiger partial charge in [0.25, 0.3) is 5.91 Å². The second-order valence-corrected chi connectivity index (χ2v) is 6.41. The zero-order valence-electron chi connectivity index (χ0n) is 15.3. The smallest absolute Gasteiger partial charge is 0.254 e. The van der Waals surface area contributed by atoms with Crippen molar-refractivity contribution in [1.29, 1.82) is 0 Å². The van der Waals surface area contributed by atoms with Crippen molar-refractivity contribution in [2.45, 2.75) is 0 Å². The van der Waals surface area contributed by atoms with Crippen LogP contribution in [0.4, 0.5) is 14.5 Å². The van der Waals surface area contributed by atoms with E-state index in [9.17, 15) is 13.6 Å². The van der Waals surface area contributed by atoms with Crippen LogP contribution in [0.5, 0.6) is 5.75 Å². The number of anilines is 1. The van der Waals surface area contributed by atoms with Gasteiger partial charge in [0.1, 0.15) is 17.4 Å². The summed E-state index contributed by atoms with van der Waals surface area (Å²) in [5.41, 5.74) is 1.02.